The van der Waals surface area contributed by atoms with Crippen LogP contribution in [0.25, 0.3) is 11.0 Å². The van der Waals surface area contributed by atoms with Gasteiger partial charge in [-0.2, -0.15) is 0 Å². The number of hydrogen-bond acceptors (Lipinski definition) is 3. The molecule has 2 unspecified atom stereocenters. The lowest BCUT2D eigenvalue weighted by atomic mass is 10.1. The Morgan fingerprint density at radius 2 is 2.12 bits per heavy atom. The van der Waals surface area contributed by atoms with Gasteiger partial charge in [0, 0.05) is 33.1 Å². The Hall–Kier alpha value is -2.37. The van der Waals surface area contributed by atoms with Crippen LogP contribution < -0.4 is 0 Å². The van der Waals surface area contributed by atoms with E-state index in [1.54, 1.807) is 11.9 Å². The van der Waals surface area contributed by atoms with Crippen molar-refractivity contribution < 1.29 is 9.59 Å². The van der Waals surface area contributed by atoms with Gasteiger partial charge in [0.1, 0.15) is 5.82 Å². The SMILES string of the molecule is CCn1c(C2CCCN2C(=O)C2CC(=O)N(C)C2)nc2ccccc21. The molecule has 2 aliphatic heterocycles. The van der Waals surface area contributed by atoms with E-state index in [-0.39, 0.29) is 23.8 Å². The van der Waals surface area contributed by atoms with Crippen molar-refractivity contribution in [3.63, 3.8) is 0 Å². The van der Waals surface area contributed by atoms with Crippen molar-refractivity contribution in [3.05, 3.63) is 30.1 Å². The van der Waals surface area contributed by atoms with E-state index in [1.165, 1.54) is 0 Å². The number of hydrogen-bond donors (Lipinski definition) is 0. The first-order valence-electron chi connectivity index (χ1n) is 9.09. The molecule has 4 rings (SSSR count). The summed E-state index contributed by atoms with van der Waals surface area (Å²) in [5.41, 5.74) is 2.10. The van der Waals surface area contributed by atoms with Crippen LogP contribution in [0.2, 0.25) is 0 Å². The molecule has 2 atom stereocenters. The monoisotopic (exact) mass is 340 g/mol. The lowest BCUT2D eigenvalue weighted by molar-refractivity contribution is -0.136. The zero-order valence-electron chi connectivity index (χ0n) is 14.8. The van der Waals surface area contributed by atoms with E-state index in [9.17, 15) is 9.59 Å². The third kappa shape index (κ3) is 2.60. The van der Waals surface area contributed by atoms with Gasteiger partial charge in [-0.25, -0.2) is 4.98 Å². The molecule has 25 heavy (non-hydrogen) atoms. The minimum Gasteiger partial charge on any atom is -0.345 e. The number of rotatable bonds is 3. The first-order chi connectivity index (χ1) is 12.1. The van der Waals surface area contributed by atoms with E-state index in [2.05, 4.69) is 17.6 Å². The summed E-state index contributed by atoms with van der Waals surface area (Å²) in [6.07, 6.45) is 2.26. The van der Waals surface area contributed by atoms with E-state index in [0.29, 0.717) is 13.0 Å². The molecule has 6 nitrogen and oxygen atoms in total. The molecule has 1 aromatic carbocycles. The molecule has 3 heterocycles. The van der Waals surface area contributed by atoms with E-state index >= 15 is 0 Å². The number of aromatic nitrogens is 2. The third-order valence-corrected chi connectivity index (χ3v) is 5.52. The van der Waals surface area contributed by atoms with Gasteiger partial charge in [0.15, 0.2) is 0 Å². The van der Waals surface area contributed by atoms with Gasteiger partial charge in [-0.3, -0.25) is 9.59 Å². The van der Waals surface area contributed by atoms with E-state index < -0.39 is 0 Å². The Morgan fingerprint density at radius 3 is 2.84 bits per heavy atom. The van der Waals surface area contributed by atoms with Crippen molar-refractivity contribution in [2.24, 2.45) is 5.92 Å². The number of fused-ring (bicyclic) bond motifs is 1. The quantitative estimate of drug-likeness (QED) is 0.861. The van der Waals surface area contributed by atoms with Crippen molar-refractivity contribution in [1.82, 2.24) is 19.4 Å². The standard InChI is InChI=1S/C19H24N4O2/c1-3-22-15-8-5-4-7-14(15)20-18(22)16-9-6-10-23(16)19(25)13-11-17(24)21(2)12-13/h4-5,7-8,13,16H,3,6,9-12H2,1-2H3. The molecule has 0 N–H and O–H groups in total. The number of benzene rings is 1. The molecule has 0 bridgehead atoms. The van der Waals surface area contributed by atoms with Gasteiger partial charge in [0.2, 0.25) is 11.8 Å². The van der Waals surface area contributed by atoms with Crippen molar-refractivity contribution >= 4 is 22.8 Å². The number of para-hydroxylation sites is 2. The predicted molar refractivity (Wildman–Crippen MR) is 94.8 cm³/mol. The van der Waals surface area contributed by atoms with E-state index in [1.807, 2.05) is 23.1 Å². The summed E-state index contributed by atoms with van der Waals surface area (Å²) in [5.74, 6) is 0.939. The van der Waals surface area contributed by atoms with Crippen LogP contribution in [0.3, 0.4) is 0 Å². The fourth-order valence-electron chi connectivity index (χ4n) is 4.24. The van der Waals surface area contributed by atoms with Crippen molar-refractivity contribution in [2.75, 3.05) is 20.1 Å². The highest BCUT2D eigenvalue weighted by Crippen LogP contribution is 2.35. The summed E-state index contributed by atoms with van der Waals surface area (Å²) in [7, 11) is 1.77. The molecule has 0 aliphatic carbocycles. The smallest absolute Gasteiger partial charge is 0.228 e. The molecule has 2 amide bonds. The van der Waals surface area contributed by atoms with Gasteiger partial charge in [-0.1, -0.05) is 12.1 Å². The lowest BCUT2D eigenvalue weighted by Gasteiger charge is -2.27. The largest absolute Gasteiger partial charge is 0.345 e. The highest BCUT2D eigenvalue weighted by molar-refractivity contribution is 5.89. The Bertz CT molecular complexity index is 828. The van der Waals surface area contributed by atoms with Gasteiger partial charge < -0.3 is 14.4 Å². The van der Waals surface area contributed by atoms with Gasteiger partial charge in [-0.05, 0) is 31.9 Å². The second-order valence-electron chi connectivity index (χ2n) is 7.07. The molecule has 1 aromatic heterocycles. The molecule has 2 aliphatic rings. The van der Waals surface area contributed by atoms with Crippen LogP contribution in [0.5, 0.6) is 0 Å². The van der Waals surface area contributed by atoms with E-state index in [0.717, 1.165) is 42.8 Å². The Balaban J connectivity index is 1.66. The van der Waals surface area contributed by atoms with Crippen LogP contribution >= 0.6 is 0 Å². The summed E-state index contributed by atoms with van der Waals surface area (Å²) < 4.78 is 2.22. The lowest BCUT2D eigenvalue weighted by Crippen LogP contribution is -2.37. The molecule has 132 valence electrons. The van der Waals surface area contributed by atoms with Crippen LogP contribution in [-0.2, 0) is 16.1 Å². The van der Waals surface area contributed by atoms with Crippen LogP contribution in [0.15, 0.2) is 24.3 Å². The van der Waals surface area contributed by atoms with Gasteiger partial charge in [0.05, 0.1) is 23.0 Å². The molecule has 0 radical (unpaired) electrons. The zero-order chi connectivity index (χ0) is 17.6. The first-order valence-corrected chi connectivity index (χ1v) is 9.09. The number of aryl methyl sites for hydroxylation is 1. The van der Waals surface area contributed by atoms with Gasteiger partial charge in [-0.15, -0.1) is 0 Å². The maximum atomic E-state index is 13.0. The average molecular weight is 340 g/mol. The van der Waals surface area contributed by atoms with Crippen molar-refractivity contribution in [3.8, 4) is 0 Å². The van der Waals surface area contributed by atoms with Gasteiger partial charge in [0.25, 0.3) is 0 Å². The maximum Gasteiger partial charge on any atom is 0.228 e. The summed E-state index contributed by atoms with van der Waals surface area (Å²) >= 11 is 0. The van der Waals surface area contributed by atoms with Crippen molar-refractivity contribution in [2.45, 2.75) is 38.8 Å². The number of carbonyl (C=O) groups is 2. The summed E-state index contributed by atoms with van der Waals surface area (Å²) in [4.78, 5) is 33.3. The van der Waals surface area contributed by atoms with Crippen LogP contribution in [-0.4, -0.2) is 51.3 Å². The minimum absolute atomic E-state index is 0.0147. The molecule has 2 fully saturated rings. The summed E-state index contributed by atoms with van der Waals surface area (Å²) in [6.45, 7) is 4.23. The number of imidazole rings is 1. The first kappa shape index (κ1) is 16.1. The number of nitrogens with zero attached hydrogens (tertiary/aromatic N) is 4. The normalized spacial score (nSPS) is 23.8. The molecule has 6 heteroatoms. The summed E-state index contributed by atoms with van der Waals surface area (Å²) in [6, 6.07) is 8.15. The maximum absolute atomic E-state index is 13.0. The minimum atomic E-state index is -0.211. The van der Waals surface area contributed by atoms with E-state index in [4.69, 9.17) is 4.98 Å². The fraction of sp³-hybridized carbons (Fsp3) is 0.526. The number of likely N-dealkylation sites (tertiary alicyclic amines) is 2. The second kappa shape index (κ2) is 6.17. The molecule has 0 spiro atoms. The zero-order valence-corrected chi connectivity index (χ0v) is 14.8. The number of carbonyl (C=O) groups excluding carboxylic acids is 2. The second-order valence-corrected chi connectivity index (χ2v) is 7.07. The molecular formula is C19H24N4O2. The highest BCUT2D eigenvalue weighted by Gasteiger charge is 2.40. The molecule has 2 saturated heterocycles. The third-order valence-electron chi connectivity index (χ3n) is 5.52. The Kier molecular flexibility index (Phi) is 3.98. The van der Waals surface area contributed by atoms with Crippen LogP contribution in [0, 0.1) is 5.92 Å². The molecule has 0 saturated carbocycles. The van der Waals surface area contributed by atoms with Gasteiger partial charge >= 0.3 is 0 Å². The molecule has 2 aromatic rings. The Labute approximate surface area is 147 Å². The number of amides is 2. The van der Waals surface area contributed by atoms with Crippen LogP contribution in [0.4, 0.5) is 0 Å². The Morgan fingerprint density at radius 1 is 1.32 bits per heavy atom. The predicted octanol–water partition coefficient (Wildman–Crippen LogP) is 2.20. The average Bonchev–Trinajstić information content (AvgIpc) is 3.31. The topological polar surface area (TPSA) is 58.4 Å². The summed E-state index contributed by atoms with van der Waals surface area (Å²) in [5, 5.41) is 0. The van der Waals surface area contributed by atoms with Crippen molar-refractivity contribution in [1.29, 1.82) is 0 Å². The molecular weight excluding hydrogens is 316 g/mol. The fourth-order valence-corrected chi connectivity index (χ4v) is 4.24. The highest BCUT2D eigenvalue weighted by atomic mass is 16.2. The van der Waals surface area contributed by atoms with Crippen LogP contribution in [0.1, 0.15) is 38.1 Å².